The number of fused-ring (bicyclic) bond motifs is 3. The summed E-state index contributed by atoms with van der Waals surface area (Å²) in [5.74, 6) is 1.93. The third kappa shape index (κ3) is 3.60. The second-order valence-electron chi connectivity index (χ2n) is 8.78. The Bertz CT molecular complexity index is 985. The molecule has 1 aromatic carbocycles. The lowest BCUT2D eigenvalue weighted by Crippen LogP contribution is -2.38. The van der Waals surface area contributed by atoms with Crippen LogP contribution in [0.2, 0.25) is 0 Å². The van der Waals surface area contributed by atoms with Crippen molar-refractivity contribution in [3.63, 3.8) is 0 Å². The van der Waals surface area contributed by atoms with Gasteiger partial charge in [0.15, 0.2) is 11.5 Å². The van der Waals surface area contributed by atoms with Gasteiger partial charge in [-0.05, 0) is 69.8 Å². The van der Waals surface area contributed by atoms with Gasteiger partial charge in [-0.1, -0.05) is 27.2 Å². The van der Waals surface area contributed by atoms with E-state index in [4.69, 9.17) is 9.47 Å². The molecule has 1 aliphatic carbocycles. The molecule has 30 heavy (non-hydrogen) atoms. The van der Waals surface area contributed by atoms with Crippen LogP contribution in [0.3, 0.4) is 0 Å². The average molecular weight is 493 g/mol. The van der Waals surface area contributed by atoms with Crippen LogP contribution < -0.4 is 20.1 Å². The fourth-order valence-electron chi connectivity index (χ4n) is 4.53. The Morgan fingerprint density at radius 2 is 2.00 bits per heavy atom. The van der Waals surface area contributed by atoms with Crippen LogP contribution in [-0.2, 0) is 12.8 Å². The van der Waals surface area contributed by atoms with Gasteiger partial charge in [0, 0.05) is 4.88 Å². The van der Waals surface area contributed by atoms with E-state index in [1.807, 2.05) is 12.1 Å². The van der Waals surface area contributed by atoms with Crippen LogP contribution in [-0.4, -0.2) is 20.1 Å². The number of benzene rings is 1. The number of hydrogen-bond donors (Lipinski definition) is 2. The maximum absolute atomic E-state index is 13.1. The minimum Gasteiger partial charge on any atom is -0.493 e. The van der Waals surface area contributed by atoms with Crippen LogP contribution >= 0.6 is 27.3 Å². The lowest BCUT2D eigenvalue weighted by atomic mass is 9.69. The van der Waals surface area contributed by atoms with Crippen molar-refractivity contribution < 1.29 is 14.3 Å². The molecule has 0 fully saturated rings. The van der Waals surface area contributed by atoms with Crippen LogP contribution in [0, 0.1) is 11.3 Å². The van der Waals surface area contributed by atoms with Crippen molar-refractivity contribution in [2.75, 3.05) is 19.5 Å². The van der Waals surface area contributed by atoms with E-state index >= 15 is 0 Å². The Kier molecular flexibility index (Phi) is 5.79. The molecule has 0 bridgehead atoms. The second kappa shape index (κ2) is 8.08. The quantitative estimate of drug-likeness (QED) is 0.543. The number of anilines is 1. The predicted octanol–water partition coefficient (Wildman–Crippen LogP) is 5.92. The molecular weight excluding hydrogens is 464 g/mol. The third-order valence-electron chi connectivity index (χ3n) is 6.85. The Hall–Kier alpha value is -1.73. The highest BCUT2D eigenvalue weighted by Crippen LogP contribution is 2.47. The molecule has 1 amide bonds. The number of hydrogen-bond acceptors (Lipinski definition) is 5. The minimum atomic E-state index is -0.316. The van der Waals surface area contributed by atoms with Gasteiger partial charge in [-0.15, -0.1) is 11.3 Å². The number of ether oxygens (including phenoxy) is 2. The highest BCUT2D eigenvalue weighted by atomic mass is 79.9. The van der Waals surface area contributed by atoms with Gasteiger partial charge in [0.2, 0.25) is 0 Å². The largest absolute Gasteiger partial charge is 0.493 e. The third-order valence-corrected chi connectivity index (χ3v) is 8.62. The van der Waals surface area contributed by atoms with Crippen molar-refractivity contribution in [2.24, 2.45) is 11.3 Å². The Labute approximate surface area is 190 Å². The van der Waals surface area contributed by atoms with Gasteiger partial charge in [-0.25, -0.2) is 0 Å². The first-order valence-electron chi connectivity index (χ1n) is 10.4. The molecule has 0 spiro atoms. The Balaban J connectivity index is 1.65. The maximum Gasteiger partial charge on any atom is 0.256 e. The van der Waals surface area contributed by atoms with Crippen molar-refractivity contribution in [3.8, 4) is 11.5 Å². The number of carbonyl (C=O) groups excluding carboxylic acids is 1. The fraction of sp³-hybridized carbons (Fsp3) is 0.522. The monoisotopic (exact) mass is 492 g/mol. The topological polar surface area (TPSA) is 59.6 Å². The van der Waals surface area contributed by atoms with Crippen LogP contribution in [0.25, 0.3) is 0 Å². The highest BCUT2D eigenvalue weighted by Gasteiger charge is 2.37. The standard InChI is InChI=1S/C23H29BrN2O3S/c1-6-23(2,3)13-7-8-14-17(11-13)30-22-18(14)21(27)25-20(26-22)12-9-15(24)19(29-5)16(10-12)28-4/h9-10,13,20,26H,6-8,11H2,1-5H3,(H,25,27)/t13-,20-/m1/s1. The number of carbonyl (C=O) groups is 1. The molecule has 4 rings (SSSR count). The van der Waals surface area contributed by atoms with Crippen LogP contribution in [0.1, 0.15) is 66.1 Å². The summed E-state index contributed by atoms with van der Waals surface area (Å²) < 4.78 is 11.7. The summed E-state index contributed by atoms with van der Waals surface area (Å²) >= 11 is 5.30. The van der Waals surface area contributed by atoms with Gasteiger partial charge in [0.05, 0.1) is 24.3 Å². The van der Waals surface area contributed by atoms with E-state index < -0.39 is 0 Å². The molecule has 0 saturated heterocycles. The number of methoxy groups -OCH3 is 2. The van der Waals surface area contributed by atoms with Gasteiger partial charge in [-0.3, -0.25) is 4.79 Å². The van der Waals surface area contributed by atoms with Gasteiger partial charge in [0.25, 0.3) is 5.91 Å². The number of rotatable bonds is 5. The van der Waals surface area contributed by atoms with E-state index in [9.17, 15) is 4.79 Å². The summed E-state index contributed by atoms with van der Waals surface area (Å²) in [4.78, 5) is 14.5. The van der Waals surface area contributed by atoms with Crippen molar-refractivity contribution >= 4 is 38.2 Å². The van der Waals surface area contributed by atoms with Gasteiger partial charge >= 0.3 is 0 Å². The molecule has 2 heterocycles. The molecule has 162 valence electrons. The summed E-state index contributed by atoms with van der Waals surface area (Å²) in [6, 6.07) is 3.86. The summed E-state index contributed by atoms with van der Waals surface area (Å²) in [5.41, 5.74) is 3.33. The summed E-state index contributed by atoms with van der Waals surface area (Å²) in [5, 5.41) is 7.67. The van der Waals surface area contributed by atoms with Gasteiger partial charge < -0.3 is 20.1 Å². The van der Waals surface area contributed by atoms with Gasteiger partial charge in [-0.2, -0.15) is 0 Å². The van der Waals surface area contributed by atoms with E-state index in [0.29, 0.717) is 22.8 Å². The Morgan fingerprint density at radius 3 is 2.67 bits per heavy atom. The van der Waals surface area contributed by atoms with Crippen molar-refractivity contribution in [2.45, 2.75) is 52.6 Å². The van der Waals surface area contributed by atoms with Crippen molar-refractivity contribution in [3.05, 3.63) is 38.2 Å². The first-order chi connectivity index (χ1) is 14.3. The zero-order chi connectivity index (χ0) is 21.6. The molecule has 5 nitrogen and oxygen atoms in total. The zero-order valence-corrected chi connectivity index (χ0v) is 20.6. The number of halogens is 1. The van der Waals surface area contributed by atoms with E-state index in [1.165, 1.54) is 16.9 Å². The highest BCUT2D eigenvalue weighted by molar-refractivity contribution is 9.10. The SMILES string of the molecule is CCC(C)(C)[C@@H]1CCc2c(sc3c2C(=O)N[C@@H](c2cc(Br)c(OC)c(OC)c2)N3)C1. The smallest absolute Gasteiger partial charge is 0.256 e. The molecule has 0 radical (unpaired) electrons. The lowest BCUT2D eigenvalue weighted by Gasteiger charge is -2.36. The molecule has 0 unspecified atom stereocenters. The van der Waals surface area contributed by atoms with Crippen LogP contribution in [0.4, 0.5) is 5.00 Å². The Morgan fingerprint density at radius 1 is 1.23 bits per heavy atom. The number of nitrogens with one attached hydrogen (secondary N) is 2. The zero-order valence-electron chi connectivity index (χ0n) is 18.1. The van der Waals surface area contributed by atoms with E-state index in [1.54, 1.807) is 25.6 Å². The second-order valence-corrected chi connectivity index (χ2v) is 10.7. The molecule has 2 aliphatic rings. The number of amides is 1. The summed E-state index contributed by atoms with van der Waals surface area (Å²) in [7, 11) is 3.22. The van der Waals surface area contributed by atoms with E-state index in [-0.39, 0.29) is 12.1 Å². The van der Waals surface area contributed by atoms with Crippen LogP contribution in [0.5, 0.6) is 11.5 Å². The molecule has 7 heteroatoms. The van der Waals surface area contributed by atoms with Crippen molar-refractivity contribution in [1.82, 2.24) is 5.32 Å². The molecule has 2 atom stereocenters. The van der Waals surface area contributed by atoms with E-state index in [0.717, 1.165) is 39.9 Å². The fourth-order valence-corrected chi connectivity index (χ4v) is 6.50. The molecule has 0 saturated carbocycles. The first kappa shape index (κ1) is 21.5. The normalized spacial score (nSPS) is 20.7. The van der Waals surface area contributed by atoms with Gasteiger partial charge in [0.1, 0.15) is 11.2 Å². The number of thiophene rings is 1. The first-order valence-corrected chi connectivity index (χ1v) is 12.0. The summed E-state index contributed by atoms with van der Waals surface area (Å²) in [6.07, 6.45) is 4.06. The molecule has 1 aliphatic heterocycles. The van der Waals surface area contributed by atoms with Crippen LogP contribution in [0.15, 0.2) is 16.6 Å². The predicted molar refractivity (Wildman–Crippen MR) is 125 cm³/mol. The van der Waals surface area contributed by atoms with E-state index in [2.05, 4.69) is 47.3 Å². The van der Waals surface area contributed by atoms with Crippen molar-refractivity contribution in [1.29, 1.82) is 0 Å². The maximum atomic E-state index is 13.1. The molecule has 1 aromatic heterocycles. The lowest BCUT2D eigenvalue weighted by molar-refractivity contribution is 0.0934. The summed E-state index contributed by atoms with van der Waals surface area (Å²) in [6.45, 7) is 7.01. The molecule has 2 N–H and O–H groups in total. The molecular formula is C23H29BrN2O3S. The molecule has 2 aromatic rings. The average Bonchev–Trinajstić information content (AvgIpc) is 3.11. The minimum absolute atomic E-state index is 0.00496.